The molecular weight excluding hydrogens is 469 g/mol. The number of anilines is 1. The van der Waals surface area contributed by atoms with Crippen molar-refractivity contribution in [1.29, 1.82) is 0 Å². The third kappa shape index (κ3) is 3.10. The lowest BCUT2D eigenvalue weighted by atomic mass is 9.83. The first-order valence-electron chi connectivity index (χ1n) is 12.1. The molecule has 180 valence electrons. The number of hydrogen-bond donors (Lipinski definition) is 0. The summed E-state index contributed by atoms with van der Waals surface area (Å²) < 4.78 is 13.6. The highest BCUT2D eigenvalue weighted by atomic mass is 19.1. The van der Waals surface area contributed by atoms with Crippen LogP contribution in [0, 0.1) is 17.7 Å². The van der Waals surface area contributed by atoms with Crippen LogP contribution in [0.4, 0.5) is 10.1 Å². The van der Waals surface area contributed by atoms with Crippen molar-refractivity contribution in [3.8, 4) is 0 Å². The number of fused-ring (bicyclic) bond motifs is 6. The molecule has 3 aliphatic heterocycles. The summed E-state index contributed by atoms with van der Waals surface area (Å²) in [4.78, 5) is 43.1. The number of ketones is 1. The minimum Gasteiger partial charge on any atom is -0.292 e. The van der Waals surface area contributed by atoms with Gasteiger partial charge in [0.2, 0.25) is 11.8 Å². The number of halogens is 1. The van der Waals surface area contributed by atoms with Gasteiger partial charge in [-0.1, -0.05) is 54.6 Å². The van der Waals surface area contributed by atoms with E-state index in [-0.39, 0.29) is 17.3 Å². The van der Waals surface area contributed by atoms with Gasteiger partial charge in [0.1, 0.15) is 11.9 Å². The quantitative estimate of drug-likeness (QED) is 0.308. The molecule has 0 aliphatic carbocycles. The number of nitrogens with zero attached hydrogens (tertiary/aromatic N) is 3. The summed E-state index contributed by atoms with van der Waals surface area (Å²) in [5.74, 6) is -3.31. The summed E-state index contributed by atoms with van der Waals surface area (Å²) in [5, 5.41) is 8.07. The Morgan fingerprint density at radius 1 is 0.784 bits per heavy atom. The third-order valence-electron chi connectivity index (χ3n) is 7.68. The van der Waals surface area contributed by atoms with E-state index in [0.717, 1.165) is 21.9 Å². The lowest BCUT2D eigenvalue weighted by molar-refractivity contribution is -0.124. The zero-order valence-electron chi connectivity index (χ0n) is 19.5. The molecule has 2 saturated heterocycles. The zero-order chi connectivity index (χ0) is 25.3. The molecule has 37 heavy (non-hydrogen) atoms. The fourth-order valence-electron chi connectivity index (χ4n) is 6.02. The topological polar surface area (TPSA) is 70.0 Å². The van der Waals surface area contributed by atoms with Gasteiger partial charge >= 0.3 is 0 Å². The molecule has 1 unspecified atom stereocenters. The molecule has 2 fully saturated rings. The summed E-state index contributed by atoms with van der Waals surface area (Å²) in [6.45, 7) is 0. The zero-order valence-corrected chi connectivity index (χ0v) is 19.5. The molecule has 0 N–H and O–H groups in total. The van der Waals surface area contributed by atoms with Gasteiger partial charge in [0.15, 0.2) is 5.78 Å². The SMILES string of the molecule is O=C(c1ccc(F)cc1)[C@H]1[C@H]2C(=O)N(c3ccc4ccccc4c3)C(=O)[C@H]2C2c3ccccc3C=NN21. The van der Waals surface area contributed by atoms with Gasteiger partial charge in [-0.15, -0.1) is 0 Å². The van der Waals surface area contributed by atoms with Crippen molar-refractivity contribution in [3.05, 3.63) is 114 Å². The van der Waals surface area contributed by atoms with Gasteiger partial charge in [-0.25, -0.2) is 9.29 Å². The second-order valence-corrected chi connectivity index (χ2v) is 9.61. The summed E-state index contributed by atoms with van der Waals surface area (Å²) in [6, 6.07) is 24.5. The predicted molar refractivity (Wildman–Crippen MR) is 137 cm³/mol. The van der Waals surface area contributed by atoms with Gasteiger partial charge in [-0.2, -0.15) is 5.10 Å². The number of carbonyl (C=O) groups excluding carboxylic acids is 3. The second-order valence-electron chi connectivity index (χ2n) is 9.61. The molecule has 7 heteroatoms. The van der Waals surface area contributed by atoms with Crippen molar-refractivity contribution in [2.24, 2.45) is 16.9 Å². The molecule has 0 radical (unpaired) electrons. The Hall–Kier alpha value is -4.65. The average Bonchev–Trinajstić information content (AvgIpc) is 3.40. The minimum absolute atomic E-state index is 0.268. The van der Waals surface area contributed by atoms with Crippen LogP contribution < -0.4 is 4.90 Å². The Labute approximate surface area is 211 Å². The van der Waals surface area contributed by atoms with E-state index in [1.165, 1.54) is 29.2 Å². The van der Waals surface area contributed by atoms with E-state index in [0.29, 0.717) is 5.69 Å². The van der Waals surface area contributed by atoms with Crippen molar-refractivity contribution in [2.45, 2.75) is 12.1 Å². The highest BCUT2D eigenvalue weighted by molar-refractivity contribution is 6.25. The van der Waals surface area contributed by atoms with E-state index in [1.54, 1.807) is 17.3 Å². The van der Waals surface area contributed by atoms with E-state index in [2.05, 4.69) is 5.10 Å². The van der Waals surface area contributed by atoms with Gasteiger partial charge in [0.05, 0.1) is 29.8 Å². The average molecular weight is 490 g/mol. The Kier molecular flexibility index (Phi) is 4.63. The van der Waals surface area contributed by atoms with E-state index < -0.39 is 35.6 Å². The van der Waals surface area contributed by atoms with Crippen LogP contribution in [-0.4, -0.2) is 34.9 Å². The maximum Gasteiger partial charge on any atom is 0.240 e. The first-order chi connectivity index (χ1) is 18.0. The molecular formula is C30H20FN3O3. The van der Waals surface area contributed by atoms with Crippen molar-refractivity contribution < 1.29 is 18.8 Å². The van der Waals surface area contributed by atoms with Crippen molar-refractivity contribution in [1.82, 2.24) is 5.01 Å². The fraction of sp³-hybridized carbons (Fsp3) is 0.133. The third-order valence-corrected chi connectivity index (χ3v) is 7.68. The molecule has 0 bridgehead atoms. The Morgan fingerprint density at radius 2 is 1.49 bits per heavy atom. The Balaban J connectivity index is 1.37. The highest BCUT2D eigenvalue weighted by Crippen LogP contribution is 2.53. The molecule has 3 heterocycles. The van der Waals surface area contributed by atoms with Crippen LogP contribution in [0.3, 0.4) is 0 Å². The van der Waals surface area contributed by atoms with Gasteiger partial charge in [-0.3, -0.25) is 19.4 Å². The highest BCUT2D eigenvalue weighted by Gasteiger charge is 2.65. The maximum absolute atomic E-state index is 14.0. The largest absolute Gasteiger partial charge is 0.292 e. The summed E-state index contributed by atoms with van der Waals surface area (Å²) in [5.41, 5.74) is 2.45. The molecule has 2 amide bonds. The summed E-state index contributed by atoms with van der Waals surface area (Å²) in [6.07, 6.45) is 1.66. The molecule has 6 nitrogen and oxygen atoms in total. The fourth-order valence-corrected chi connectivity index (χ4v) is 6.02. The lowest BCUT2D eigenvalue weighted by Gasteiger charge is -2.33. The van der Waals surface area contributed by atoms with Crippen molar-refractivity contribution in [3.63, 3.8) is 0 Å². The number of hydrogen-bond acceptors (Lipinski definition) is 5. The number of benzene rings is 4. The standard InChI is InChI=1S/C30H20FN3O3/c31-21-12-9-18(10-13-21)28(35)27-25-24(26-23-8-4-3-7-20(23)16-32-34(26)27)29(36)33(30(25)37)22-14-11-17-5-1-2-6-19(17)15-22/h1-16,24-27H/t24-,25+,26?,27-/m1/s1. The maximum atomic E-state index is 14.0. The van der Waals surface area contributed by atoms with Crippen LogP contribution in [-0.2, 0) is 9.59 Å². The molecule has 0 saturated carbocycles. The normalized spacial score (nSPS) is 23.8. The number of hydrazone groups is 1. The molecule has 0 spiro atoms. The van der Waals surface area contributed by atoms with Gasteiger partial charge in [-0.05, 0) is 58.3 Å². The first kappa shape index (κ1) is 21.6. The smallest absolute Gasteiger partial charge is 0.240 e. The van der Waals surface area contributed by atoms with Crippen LogP contribution in [0.5, 0.6) is 0 Å². The summed E-state index contributed by atoms with van der Waals surface area (Å²) >= 11 is 0. The molecule has 3 aliphatic rings. The van der Waals surface area contributed by atoms with E-state index >= 15 is 0 Å². The molecule has 4 atom stereocenters. The number of amides is 2. The number of Topliss-reactive ketones (excluding diaryl/α,β-unsaturated/α-hetero) is 1. The second kappa shape index (κ2) is 7.93. The Bertz CT molecular complexity index is 1650. The van der Waals surface area contributed by atoms with Gasteiger partial charge < -0.3 is 0 Å². The van der Waals surface area contributed by atoms with Crippen LogP contribution in [0.15, 0.2) is 96.1 Å². The van der Waals surface area contributed by atoms with Crippen molar-refractivity contribution in [2.75, 3.05) is 4.90 Å². The molecule has 4 aromatic rings. The van der Waals surface area contributed by atoms with Gasteiger partial charge in [0.25, 0.3) is 0 Å². The monoisotopic (exact) mass is 489 g/mol. The first-order valence-corrected chi connectivity index (χ1v) is 12.1. The molecule has 4 aromatic carbocycles. The molecule has 7 rings (SSSR count). The minimum atomic E-state index is -0.994. The van der Waals surface area contributed by atoms with E-state index in [1.807, 2.05) is 60.7 Å². The van der Waals surface area contributed by atoms with E-state index in [4.69, 9.17) is 0 Å². The number of rotatable bonds is 3. The Morgan fingerprint density at radius 3 is 2.30 bits per heavy atom. The van der Waals surface area contributed by atoms with E-state index in [9.17, 15) is 18.8 Å². The number of imide groups is 1. The van der Waals surface area contributed by atoms with Crippen LogP contribution in [0.1, 0.15) is 27.5 Å². The number of carbonyl (C=O) groups is 3. The van der Waals surface area contributed by atoms with Crippen molar-refractivity contribution >= 4 is 40.3 Å². The van der Waals surface area contributed by atoms with Gasteiger partial charge in [0, 0.05) is 5.56 Å². The van der Waals surface area contributed by atoms with Crippen LogP contribution in [0.25, 0.3) is 10.8 Å². The van der Waals surface area contributed by atoms with Crippen LogP contribution >= 0.6 is 0 Å². The summed E-state index contributed by atoms with van der Waals surface area (Å²) in [7, 11) is 0. The van der Waals surface area contributed by atoms with Crippen LogP contribution in [0.2, 0.25) is 0 Å². The lowest BCUT2D eigenvalue weighted by Crippen LogP contribution is -2.44. The molecule has 0 aromatic heterocycles. The predicted octanol–water partition coefficient (Wildman–Crippen LogP) is 4.74.